The number of furan rings is 2. The van der Waals surface area contributed by atoms with Crippen LogP contribution < -0.4 is 24.8 Å². The van der Waals surface area contributed by atoms with Crippen LogP contribution in [0.15, 0.2) is 337 Å². The van der Waals surface area contributed by atoms with Gasteiger partial charge in [-0.1, -0.05) is 264 Å². The minimum absolute atomic E-state index is 0. The minimum atomic E-state index is 0. The fraction of sp³-hybridized carbons (Fsp3) is 0.0667. The van der Waals surface area contributed by atoms with Crippen LogP contribution in [0, 0.1) is 13.8 Å². The third-order valence-corrected chi connectivity index (χ3v) is 17.4. The summed E-state index contributed by atoms with van der Waals surface area (Å²) in [6.45, 7) is 13.6. The molecule has 0 spiro atoms. The molecule has 0 amide bonds. The summed E-state index contributed by atoms with van der Waals surface area (Å²) in [5, 5.41) is 20.7. The molecule has 0 fully saturated rings. The van der Waals surface area contributed by atoms with E-state index in [2.05, 4.69) is 331 Å². The summed E-state index contributed by atoms with van der Waals surface area (Å²) in [6.07, 6.45) is 3.44. The Morgan fingerprint density at radius 3 is 0.918 bits per heavy atom. The molecule has 0 aliphatic carbocycles. The van der Waals surface area contributed by atoms with Gasteiger partial charge < -0.3 is 33.6 Å². The van der Waals surface area contributed by atoms with E-state index in [1.807, 2.05) is 24.3 Å². The predicted molar refractivity (Wildman–Crippen MR) is 410 cm³/mol. The molecule has 0 atom stereocenters. The van der Waals surface area contributed by atoms with E-state index in [4.69, 9.17) is 8.83 Å². The third-order valence-electron chi connectivity index (χ3n) is 17.4. The van der Waals surface area contributed by atoms with Crippen molar-refractivity contribution in [2.75, 3.05) is 0 Å². The zero-order valence-corrected chi connectivity index (χ0v) is 64.2. The molecule has 18 rings (SSSR count). The van der Waals surface area contributed by atoms with E-state index >= 15 is 0 Å². The molecule has 8 heteroatoms. The van der Waals surface area contributed by atoms with Gasteiger partial charge in [-0.15, -0.1) is 127 Å². The Bertz CT molecular complexity index is 5310. The van der Waals surface area contributed by atoms with Gasteiger partial charge in [0, 0.05) is 0 Å². The minimum Gasteiger partial charge on any atom is -1.00 e. The van der Waals surface area contributed by atoms with Crippen molar-refractivity contribution in [3.63, 3.8) is 0 Å². The van der Waals surface area contributed by atoms with Crippen molar-refractivity contribution < 1.29 is 80.3 Å². The van der Waals surface area contributed by atoms with Crippen LogP contribution in [0.3, 0.4) is 0 Å². The molecule has 0 N–H and O–H groups in total. The second kappa shape index (κ2) is 32.9. The van der Waals surface area contributed by atoms with Gasteiger partial charge in [-0.05, 0) is 91.3 Å². The quantitative estimate of drug-likeness (QED) is 0.123. The van der Waals surface area contributed by atoms with Gasteiger partial charge in [0.1, 0.15) is 0 Å². The van der Waals surface area contributed by atoms with Gasteiger partial charge in [-0.2, -0.15) is 0 Å². The van der Waals surface area contributed by atoms with Crippen LogP contribution in [0.5, 0.6) is 0 Å². The fourth-order valence-electron chi connectivity index (χ4n) is 13.0. The molecular formula is C90H72Cl2O2Si2Zr2-2. The summed E-state index contributed by atoms with van der Waals surface area (Å²) in [7, 11) is 0. The summed E-state index contributed by atoms with van der Waals surface area (Å²) in [5.74, 6) is 1.82. The molecule has 0 aliphatic heterocycles. The van der Waals surface area contributed by atoms with Crippen LogP contribution in [0.1, 0.15) is 11.1 Å². The van der Waals surface area contributed by atoms with E-state index in [-0.39, 0.29) is 35.7 Å². The maximum atomic E-state index is 5.56. The van der Waals surface area contributed by atoms with Gasteiger partial charge in [0.25, 0.3) is 0 Å². The van der Waals surface area contributed by atoms with Crippen LogP contribution in [0.2, 0.25) is 26.2 Å². The van der Waals surface area contributed by atoms with Crippen LogP contribution in [0.4, 0.5) is 0 Å². The number of halogens is 2. The van der Waals surface area contributed by atoms with Gasteiger partial charge in [-0.25, -0.2) is 0 Å². The zero-order chi connectivity index (χ0) is 66.1. The first-order chi connectivity index (χ1) is 46.9. The van der Waals surface area contributed by atoms with Crippen molar-refractivity contribution in [2.45, 2.75) is 40.0 Å². The maximum Gasteiger partial charge on any atom is 0.0796 e. The summed E-state index contributed by atoms with van der Waals surface area (Å²) >= 11 is 3.48. The van der Waals surface area contributed by atoms with E-state index in [0.717, 1.165) is 22.6 Å². The van der Waals surface area contributed by atoms with Crippen molar-refractivity contribution in [3.8, 4) is 67.2 Å². The van der Waals surface area contributed by atoms with Gasteiger partial charge in [0.05, 0.1) is 24.0 Å². The van der Waals surface area contributed by atoms with Gasteiger partial charge in [0.2, 0.25) is 0 Å². The Hall–Kier alpha value is -8.54. The zero-order valence-electron chi connectivity index (χ0n) is 55.7. The Labute approximate surface area is 617 Å². The average molecular weight is 1500 g/mol. The van der Waals surface area contributed by atoms with Gasteiger partial charge in [-0.3, -0.25) is 0 Å². The molecule has 0 bridgehead atoms. The van der Waals surface area contributed by atoms with E-state index in [1.165, 1.54) is 142 Å². The van der Waals surface area contributed by atoms with Crippen molar-refractivity contribution in [1.29, 1.82) is 0 Å². The molecule has 2 heterocycles. The largest absolute Gasteiger partial charge is 1.00 e. The van der Waals surface area contributed by atoms with Crippen LogP contribution in [0.25, 0.3) is 153 Å². The number of fused-ring (bicyclic) bond motifs is 8. The summed E-state index contributed by atoms with van der Waals surface area (Å²) in [6, 6.07) is 112. The van der Waals surface area contributed by atoms with Gasteiger partial charge in [0.15, 0.2) is 0 Å². The molecule has 0 aliphatic rings. The average Bonchev–Trinajstić information content (AvgIpc) is 1.48. The molecule has 0 unspecified atom stereocenters. The molecule has 0 radical (unpaired) electrons. The first-order valence-electron chi connectivity index (χ1n) is 32.7. The van der Waals surface area contributed by atoms with Crippen LogP contribution in [-0.2, 0) is 46.7 Å². The number of benzene rings is 12. The molecule has 0 saturated carbocycles. The molecule has 0 saturated heterocycles. The first-order valence-corrected chi connectivity index (χ1v) is 45.0. The second-order valence-electron chi connectivity index (χ2n) is 24.8. The molecule has 98 heavy (non-hydrogen) atoms. The number of rotatable bonds is 6. The summed E-state index contributed by atoms with van der Waals surface area (Å²) in [5.41, 5.74) is 15.7. The normalized spacial score (nSPS) is 10.7. The Kier molecular flexibility index (Phi) is 23.7. The maximum absolute atomic E-state index is 5.56. The third kappa shape index (κ3) is 16.1. The van der Waals surface area contributed by atoms with Crippen molar-refractivity contribution in [1.82, 2.24) is 0 Å². The van der Waals surface area contributed by atoms with Crippen molar-refractivity contribution in [2.24, 2.45) is 0 Å². The molecule has 18 aromatic rings. The molecule has 2 aromatic heterocycles. The summed E-state index contributed by atoms with van der Waals surface area (Å²) < 4.78 is 11.1. The van der Waals surface area contributed by atoms with Crippen LogP contribution in [-0.4, -0.2) is 10.9 Å². The standard InChI is InChI=1S/2C23H15O.2C20H15.2C2H6Si.2ClH.2Zr/c2*1-2-9-19-16(6-1)7-3-10-20(19)21-11-4-8-17-14-18(15-22(17)21)23-12-5-13-24-23;2*1-14-10-11-19(20-9-5-4-8-18(14)20)17-12-15-6-2-3-7-16(15)13-17;2*1-3-2;;;;/h2*1-15H;2*2-13H,1H3;2*1-2H3;2*1H;;/q4*-1;;;;;2*+2/p-2. The van der Waals surface area contributed by atoms with E-state index < -0.39 is 0 Å². The van der Waals surface area contributed by atoms with E-state index in [1.54, 1.807) is 59.2 Å². The topological polar surface area (TPSA) is 26.3 Å². The SMILES string of the molecule is C[Si](C)=[Zr+2].C[Si](C)=[Zr+2].Cc1ccc(-c2cc3ccccc3[cH-]2)c2ccccc12.Cc1ccc(-c2cc3ccccc3[cH-]2)c2ccccc12.[Cl-].[Cl-].c1coc(-c2cc3c(-c4cccc5ccccc45)cccc3[cH-]2)c1.c1coc(-c2cc3c(-c4cccc5ccccc45)cccc3[cH-]2)c1. The number of hydrogen-bond donors (Lipinski definition) is 0. The van der Waals surface area contributed by atoms with Gasteiger partial charge >= 0.3 is 83.7 Å². The molecule has 2 nitrogen and oxygen atoms in total. The Morgan fingerprint density at radius 2 is 0.551 bits per heavy atom. The number of hydrogen-bond acceptors (Lipinski definition) is 2. The van der Waals surface area contributed by atoms with E-state index in [9.17, 15) is 0 Å². The molecule has 476 valence electrons. The molecular weight excluding hydrogens is 1420 g/mol. The predicted octanol–water partition coefficient (Wildman–Crippen LogP) is 20.2. The number of aryl methyl sites for hydroxylation is 2. The van der Waals surface area contributed by atoms with E-state index in [0.29, 0.717) is 0 Å². The van der Waals surface area contributed by atoms with Crippen LogP contribution >= 0.6 is 0 Å². The molecule has 16 aromatic carbocycles. The van der Waals surface area contributed by atoms with Crippen molar-refractivity contribution >= 4 is 97.0 Å². The monoisotopic (exact) mass is 1490 g/mol. The Balaban J connectivity index is 0.000000127. The summed E-state index contributed by atoms with van der Waals surface area (Å²) in [4.78, 5) is 0. The smallest absolute Gasteiger partial charge is 0.0796 e. The fourth-order valence-corrected chi connectivity index (χ4v) is 13.0. The first kappa shape index (κ1) is 70.8. The second-order valence-corrected chi connectivity index (χ2v) is 43.6. The Morgan fingerprint density at radius 1 is 0.255 bits per heavy atom. The van der Waals surface area contributed by atoms with Crippen molar-refractivity contribution in [3.05, 3.63) is 339 Å².